The highest BCUT2D eigenvalue weighted by Crippen LogP contribution is 2.26. The Labute approximate surface area is 129 Å². The summed E-state index contributed by atoms with van der Waals surface area (Å²) in [5.74, 6) is 2.49. The van der Waals surface area contributed by atoms with Crippen LogP contribution in [-0.4, -0.2) is 31.6 Å². The van der Waals surface area contributed by atoms with E-state index in [0.29, 0.717) is 28.6 Å². The van der Waals surface area contributed by atoms with Gasteiger partial charge in [0.15, 0.2) is 0 Å². The van der Waals surface area contributed by atoms with Crippen LogP contribution in [0.5, 0.6) is 0 Å². The molecule has 0 aromatic heterocycles. The number of rotatable bonds is 5. The summed E-state index contributed by atoms with van der Waals surface area (Å²) in [6.07, 6.45) is 1.05. The minimum absolute atomic E-state index is 0.153. The molecule has 1 aromatic carbocycles. The van der Waals surface area contributed by atoms with Crippen molar-refractivity contribution in [2.24, 2.45) is 5.92 Å². The second-order valence-electron chi connectivity index (χ2n) is 4.93. The van der Waals surface area contributed by atoms with Gasteiger partial charge in [0.05, 0.1) is 11.5 Å². The van der Waals surface area contributed by atoms with Crippen molar-refractivity contribution in [2.45, 2.75) is 24.8 Å². The standard InChI is InChI=1S/C13H18ClNO3S2/c1-9-11(7-16)4-12(14)5-13(9)20(17,18)15-6-10-2-3-19-8-10/h4-5,10,15-16H,2-3,6-8H2,1H3. The maximum atomic E-state index is 12.4. The molecule has 0 spiro atoms. The number of halogens is 1. The monoisotopic (exact) mass is 335 g/mol. The van der Waals surface area contributed by atoms with Crippen LogP contribution >= 0.6 is 23.4 Å². The highest BCUT2D eigenvalue weighted by atomic mass is 35.5. The van der Waals surface area contributed by atoms with E-state index in [-0.39, 0.29) is 11.5 Å². The third-order valence-electron chi connectivity index (χ3n) is 3.48. The Hall–Kier alpha value is -0.270. The van der Waals surface area contributed by atoms with Crippen LogP contribution in [0.3, 0.4) is 0 Å². The van der Waals surface area contributed by atoms with E-state index in [0.717, 1.165) is 17.9 Å². The fourth-order valence-corrected chi connectivity index (χ4v) is 5.22. The van der Waals surface area contributed by atoms with E-state index in [2.05, 4.69) is 4.72 Å². The molecule has 1 unspecified atom stereocenters. The lowest BCUT2D eigenvalue weighted by Crippen LogP contribution is -2.30. The molecule has 0 amide bonds. The number of thioether (sulfide) groups is 1. The van der Waals surface area contributed by atoms with Crippen LogP contribution in [0.1, 0.15) is 17.5 Å². The molecule has 1 atom stereocenters. The minimum Gasteiger partial charge on any atom is -0.392 e. The zero-order valence-electron chi connectivity index (χ0n) is 11.2. The predicted octanol–water partition coefficient (Wildman–Crippen LogP) is 2.17. The van der Waals surface area contributed by atoms with Gasteiger partial charge in [-0.25, -0.2) is 13.1 Å². The Kier molecular flexibility index (Phi) is 5.36. The molecule has 1 aliphatic heterocycles. The first-order valence-corrected chi connectivity index (χ1v) is 9.43. The van der Waals surface area contributed by atoms with Crippen LogP contribution in [0, 0.1) is 12.8 Å². The van der Waals surface area contributed by atoms with Crippen molar-refractivity contribution in [3.63, 3.8) is 0 Å². The molecule has 1 fully saturated rings. The fourth-order valence-electron chi connectivity index (χ4n) is 2.20. The first-order valence-electron chi connectivity index (χ1n) is 6.41. The summed E-state index contributed by atoms with van der Waals surface area (Å²) in [7, 11) is -3.59. The topological polar surface area (TPSA) is 66.4 Å². The van der Waals surface area contributed by atoms with E-state index >= 15 is 0 Å². The van der Waals surface area contributed by atoms with Crippen molar-refractivity contribution in [3.8, 4) is 0 Å². The maximum Gasteiger partial charge on any atom is 0.240 e. The van der Waals surface area contributed by atoms with Crippen molar-refractivity contribution >= 4 is 33.4 Å². The first kappa shape index (κ1) is 16.1. The molecule has 0 radical (unpaired) electrons. The van der Waals surface area contributed by atoms with E-state index in [1.165, 1.54) is 6.07 Å². The molecule has 4 nitrogen and oxygen atoms in total. The van der Waals surface area contributed by atoms with Crippen LogP contribution in [0.25, 0.3) is 0 Å². The van der Waals surface area contributed by atoms with E-state index in [1.807, 2.05) is 11.8 Å². The highest BCUT2D eigenvalue weighted by molar-refractivity contribution is 7.99. The zero-order chi connectivity index (χ0) is 14.8. The Balaban J connectivity index is 2.22. The maximum absolute atomic E-state index is 12.4. The second kappa shape index (κ2) is 6.66. The summed E-state index contributed by atoms with van der Waals surface area (Å²) in [6.45, 7) is 1.91. The number of hydrogen-bond donors (Lipinski definition) is 2. The SMILES string of the molecule is Cc1c(CO)cc(Cl)cc1S(=O)(=O)NCC1CCSC1. The molecule has 0 saturated carbocycles. The number of nitrogens with one attached hydrogen (secondary N) is 1. The summed E-state index contributed by atoms with van der Waals surface area (Å²) in [6, 6.07) is 3.02. The first-order chi connectivity index (χ1) is 9.44. The minimum atomic E-state index is -3.59. The van der Waals surface area contributed by atoms with Crippen LogP contribution in [0.2, 0.25) is 5.02 Å². The number of sulfonamides is 1. The molecule has 20 heavy (non-hydrogen) atoms. The normalized spacial score (nSPS) is 19.4. The summed E-state index contributed by atoms with van der Waals surface area (Å²) in [5, 5.41) is 9.58. The molecule has 0 bridgehead atoms. The van der Waals surface area contributed by atoms with Gasteiger partial charge in [-0.3, -0.25) is 0 Å². The van der Waals surface area contributed by atoms with Gasteiger partial charge >= 0.3 is 0 Å². The molecule has 2 rings (SSSR count). The summed E-state index contributed by atoms with van der Waals surface area (Å²) >= 11 is 7.78. The third kappa shape index (κ3) is 3.68. The summed E-state index contributed by atoms with van der Waals surface area (Å²) < 4.78 is 27.4. The van der Waals surface area contributed by atoms with Gasteiger partial charge in [-0.1, -0.05) is 11.6 Å². The molecular formula is C13H18ClNO3S2. The largest absolute Gasteiger partial charge is 0.392 e. The Bertz CT molecular complexity index is 584. The lowest BCUT2D eigenvalue weighted by Gasteiger charge is -2.14. The van der Waals surface area contributed by atoms with Gasteiger partial charge in [-0.15, -0.1) is 0 Å². The van der Waals surface area contributed by atoms with Crippen molar-refractivity contribution in [3.05, 3.63) is 28.3 Å². The second-order valence-corrected chi connectivity index (χ2v) is 8.25. The van der Waals surface area contributed by atoms with Gasteiger partial charge in [-0.2, -0.15) is 11.8 Å². The van der Waals surface area contributed by atoms with Gasteiger partial charge in [0.25, 0.3) is 0 Å². The molecule has 1 aliphatic rings. The van der Waals surface area contributed by atoms with E-state index in [1.54, 1.807) is 13.0 Å². The number of benzene rings is 1. The summed E-state index contributed by atoms with van der Waals surface area (Å²) in [5.41, 5.74) is 1.08. The Morgan fingerprint density at radius 2 is 2.25 bits per heavy atom. The van der Waals surface area contributed by atoms with Crippen LogP contribution in [0.15, 0.2) is 17.0 Å². The lowest BCUT2D eigenvalue weighted by atomic mass is 10.1. The van der Waals surface area contributed by atoms with Crippen LogP contribution < -0.4 is 4.72 Å². The molecule has 112 valence electrons. The van der Waals surface area contributed by atoms with Crippen molar-refractivity contribution < 1.29 is 13.5 Å². The molecule has 1 saturated heterocycles. The molecule has 2 N–H and O–H groups in total. The number of hydrogen-bond acceptors (Lipinski definition) is 4. The van der Waals surface area contributed by atoms with E-state index in [4.69, 9.17) is 11.6 Å². The Morgan fingerprint density at radius 3 is 2.85 bits per heavy atom. The average Bonchev–Trinajstić information content (AvgIpc) is 2.92. The molecule has 0 aliphatic carbocycles. The fraction of sp³-hybridized carbons (Fsp3) is 0.538. The molecule has 1 aromatic rings. The highest BCUT2D eigenvalue weighted by Gasteiger charge is 2.22. The van der Waals surface area contributed by atoms with E-state index < -0.39 is 10.0 Å². The van der Waals surface area contributed by atoms with Crippen LogP contribution in [-0.2, 0) is 16.6 Å². The summed E-state index contributed by atoms with van der Waals surface area (Å²) in [4.78, 5) is 0.153. The molecule has 7 heteroatoms. The van der Waals surface area contributed by atoms with Gasteiger partial charge in [0.1, 0.15) is 0 Å². The van der Waals surface area contributed by atoms with Gasteiger partial charge in [-0.05, 0) is 54.0 Å². The van der Waals surface area contributed by atoms with E-state index in [9.17, 15) is 13.5 Å². The molecule has 1 heterocycles. The third-order valence-corrected chi connectivity index (χ3v) is 6.48. The van der Waals surface area contributed by atoms with Crippen molar-refractivity contribution in [2.75, 3.05) is 18.1 Å². The quantitative estimate of drug-likeness (QED) is 0.865. The molecular weight excluding hydrogens is 318 g/mol. The van der Waals surface area contributed by atoms with Gasteiger partial charge < -0.3 is 5.11 Å². The van der Waals surface area contributed by atoms with Crippen molar-refractivity contribution in [1.82, 2.24) is 4.72 Å². The average molecular weight is 336 g/mol. The Morgan fingerprint density at radius 1 is 1.50 bits per heavy atom. The smallest absolute Gasteiger partial charge is 0.240 e. The number of aliphatic hydroxyl groups excluding tert-OH is 1. The number of aliphatic hydroxyl groups is 1. The van der Waals surface area contributed by atoms with Gasteiger partial charge in [0.2, 0.25) is 10.0 Å². The van der Waals surface area contributed by atoms with Crippen molar-refractivity contribution in [1.29, 1.82) is 0 Å². The predicted molar refractivity (Wildman–Crippen MR) is 82.7 cm³/mol. The zero-order valence-corrected chi connectivity index (χ0v) is 13.6. The van der Waals surface area contributed by atoms with Crippen LogP contribution in [0.4, 0.5) is 0 Å². The van der Waals surface area contributed by atoms with Gasteiger partial charge in [0, 0.05) is 11.6 Å². The lowest BCUT2D eigenvalue weighted by molar-refractivity contribution is 0.280.